The lowest BCUT2D eigenvalue weighted by Gasteiger charge is -2.37. The third kappa shape index (κ3) is 3.14. The normalized spacial score (nSPS) is 19.4. The number of carbonyl (C=O) groups excluding carboxylic acids is 2. The Morgan fingerprint density at radius 1 is 1.12 bits per heavy atom. The third-order valence-electron chi connectivity index (χ3n) is 4.25. The molecule has 0 saturated carbocycles. The van der Waals surface area contributed by atoms with Gasteiger partial charge in [0.25, 0.3) is 0 Å². The Hall–Kier alpha value is -1.62. The molecule has 0 radical (unpaired) electrons. The zero-order chi connectivity index (χ0) is 17.9. The number of hydrogen-bond acceptors (Lipinski definition) is 4. The van der Waals surface area contributed by atoms with E-state index in [1.165, 1.54) is 18.2 Å². The van der Waals surface area contributed by atoms with Gasteiger partial charge < -0.3 is 10.2 Å². The second kappa shape index (κ2) is 7.51. The maximum atomic E-state index is 12.5. The van der Waals surface area contributed by atoms with Crippen molar-refractivity contribution in [2.45, 2.75) is 19.4 Å². The summed E-state index contributed by atoms with van der Waals surface area (Å²) in [7, 11) is 0. The average molecular weight is 369 g/mol. The molecule has 6 heteroatoms. The van der Waals surface area contributed by atoms with Crippen molar-refractivity contribution >= 4 is 40.3 Å². The maximum Gasteiger partial charge on any atom is 0.167 e. The van der Waals surface area contributed by atoms with E-state index < -0.39 is 34.8 Å². The highest BCUT2D eigenvalue weighted by Crippen LogP contribution is 2.42. The number of phenols is 1. The lowest BCUT2D eigenvalue weighted by molar-refractivity contribution is -0.139. The van der Waals surface area contributed by atoms with Gasteiger partial charge in [-0.1, -0.05) is 36.8 Å². The Kier molecular flexibility index (Phi) is 5.86. The first-order valence-electron chi connectivity index (χ1n) is 7.50. The van der Waals surface area contributed by atoms with Gasteiger partial charge in [0.2, 0.25) is 0 Å². The van der Waals surface area contributed by atoms with Gasteiger partial charge in [-0.3, -0.25) is 9.59 Å². The lowest BCUT2D eigenvalue weighted by Crippen LogP contribution is -2.50. The molecule has 0 fully saturated rings. The van der Waals surface area contributed by atoms with E-state index in [4.69, 9.17) is 23.2 Å². The van der Waals surface area contributed by atoms with Crippen molar-refractivity contribution in [1.29, 1.82) is 0 Å². The van der Waals surface area contributed by atoms with E-state index in [0.29, 0.717) is 17.6 Å². The van der Waals surface area contributed by atoms with E-state index in [1.54, 1.807) is 18.2 Å². The minimum absolute atomic E-state index is 0.0795. The molecule has 1 aromatic rings. The number of aliphatic hydroxyl groups excluding tert-OH is 1. The zero-order valence-electron chi connectivity index (χ0n) is 13.1. The smallest absolute Gasteiger partial charge is 0.167 e. The summed E-state index contributed by atoms with van der Waals surface area (Å²) in [5.74, 6) is -1.90. The van der Waals surface area contributed by atoms with Crippen LogP contribution in [0.5, 0.6) is 5.75 Å². The molecule has 1 aliphatic carbocycles. The predicted molar refractivity (Wildman–Crippen MR) is 94.4 cm³/mol. The van der Waals surface area contributed by atoms with Crippen LogP contribution in [0.3, 0.4) is 0 Å². The summed E-state index contributed by atoms with van der Waals surface area (Å²) in [5.41, 5.74) is -0.0170. The zero-order valence-corrected chi connectivity index (χ0v) is 14.6. The molecule has 0 amide bonds. The summed E-state index contributed by atoms with van der Waals surface area (Å²) in [4.78, 5) is 25.0. The minimum atomic E-state index is -1.78. The molecule has 4 nitrogen and oxygen atoms in total. The van der Waals surface area contributed by atoms with Gasteiger partial charge in [0.1, 0.15) is 17.3 Å². The number of halogens is 2. The van der Waals surface area contributed by atoms with Gasteiger partial charge >= 0.3 is 0 Å². The maximum absolute atomic E-state index is 12.5. The number of benzene rings is 1. The van der Waals surface area contributed by atoms with Crippen LogP contribution >= 0.6 is 23.2 Å². The molecular weight excluding hydrogens is 351 g/mol. The highest BCUT2D eigenvalue weighted by molar-refractivity contribution is 6.36. The van der Waals surface area contributed by atoms with Crippen LogP contribution in [0, 0.1) is 5.41 Å². The van der Waals surface area contributed by atoms with Gasteiger partial charge in [-0.15, -0.1) is 23.2 Å². The van der Waals surface area contributed by atoms with Crippen molar-refractivity contribution in [3.8, 4) is 5.75 Å². The first-order valence-corrected chi connectivity index (χ1v) is 8.56. The van der Waals surface area contributed by atoms with Crippen LogP contribution in [0.15, 0.2) is 42.0 Å². The molecule has 1 aliphatic rings. The van der Waals surface area contributed by atoms with Crippen molar-refractivity contribution in [3.63, 3.8) is 0 Å². The number of Topliss-reactive ketones (excluding diaryl/α,β-unsaturated/α-hetero) is 2. The van der Waals surface area contributed by atoms with E-state index >= 15 is 0 Å². The molecule has 0 heterocycles. The first kappa shape index (κ1) is 18.7. The van der Waals surface area contributed by atoms with Crippen LogP contribution in [-0.2, 0) is 9.59 Å². The average Bonchev–Trinajstić information content (AvgIpc) is 2.61. The van der Waals surface area contributed by atoms with Crippen molar-refractivity contribution in [2.75, 3.05) is 11.8 Å². The van der Waals surface area contributed by atoms with Crippen LogP contribution < -0.4 is 0 Å². The molecule has 1 aromatic carbocycles. The van der Waals surface area contributed by atoms with Crippen LogP contribution in [-0.4, -0.2) is 39.6 Å². The Balaban J connectivity index is 2.65. The lowest BCUT2D eigenvalue weighted by atomic mass is 9.67. The fourth-order valence-corrected chi connectivity index (χ4v) is 3.32. The number of phenolic OH excluding ortho intramolecular Hbond substituents is 1. The van der Waals surface area contributed by atoms with E-state index in [2.05, 4.69) is 0 Å². The highest BCUT2D eigenvalue weighted by Gasteiger charge is 2.51. The van der Waals surface area contributed by atoms with Crippen molar-refractivity contribution < 1.29 is 19.8 Å². The topological polar surface area (TPSA) is 74.6 Å². The van der Waals surface area contributed by atoms with Crippen molar-refractivity contribution in [2.24, 2.45) is 5.41 Å². The van der Waals surface area contributed by atoms with Gasteiger partial charge in [0.05, 0.1) is 11.8 Å². The van der Waals surface area contributed by atoms with Gasteiger partial charge in [-0.05, 0) is 29.7 Å². The quantitative estimate of drug-likeness (QED) is 0.597. The van der Waals surface area contributed by atoms with E-state index in [9.17, 15) is 19.8 Å². The van der Waals surface area contributed by atoms with Crippen LogP contribution in [0.4, 0.5) is 0 Å². The Labute approximate surface area is 150 Å². The molecular formula is C18H18Cl2O4. The second-order valence-corrected chi connectivity index (χ2v) is 6.14. The molecule has 0 saturated heterocycles. The van der Waals surface area contributed by atoms with Gasteiger partial charge in [-0.25, -0.2) is 0 Å². The summed E-state index contributed by atoms with van der Waals surface area (Å²) in [6.45, 7) is 1.88. The fourth-order valence-electron chi connectivity index (χ4n) is 2.88. The minimum Gasteiger partial charge on any atom is -0.508 e. The molecule has 1 atom stereocenters. The number of rotatable bonds is 6. The number of allylic oxidation sites excluding steroid dienone is 2. The van der Waals surface area contributed by atoms with E-state index in [1.807, 2.05) is 6.92 Å². The molecule has 128 valence electrons. The summed E-state index contributed by atoms with van der Waals surface area (Å²) in [6, 6.07) is 6.18. The summed E-state index contributed by atoms with van der Waals surface area (Å²) < 4.78 is 0. The Morgan fingerprint density at radius 2 is 1.67 bits per heavy atom. The molecule has 24 heavy (non-hydrogen) atoms. The largest absolute Gasteiger partial charge is 0.508 e. The predicted octanol–water partition coefficient (Wildman–Crippen LogP) is 3.09. The van der Waals surface area contributed by atoms with Gasteiger partial charge in [0, 0.05) is 0 Å². The van der Waals surface area contributed by atoms with Gasteiger partial charge in [0.15, 0.2) is 11.6 Å². The van der Waals surface area contributed by atoms with Crippen LogP contribution in [0.25, 0.3) is 5.57 Å². The van der Waals surface area contributed by atoms with Crippen molar-refractivity contribution in [1.82, 2.24) is 0 Å². The number of aliphatic hydroxyl groups is 1. The molecule has 0 aromatic heterocycles. The molecule has 0 aliphatic heterocycles. The van der Waals surface area contributed by atoms with Gasteiger partial charge in [-0.2, -0.15) is 0 Å². The SMILES string of the molecule is CCC1=CC(C(=O)CCl)(C(=O)CCl)C(O)C(c2ccc(O)cc2)=C1. The summed E-state index contributed by atoms with van der Waals surface area (Å²) in [5, 5.41) is 20.3. The van der Waals surface area contributed by atoms with Crippen LogP contribution in [0.1, 0.15) is 18.9 Å². The monoisotopic (exact) mass is 368 g/mol. The Bertz CT molecular complexity index is 688. The summed E-state index contributed by atoms with van der Waals surface area (Å²) in [6.07, 6.45) is 2.41. The number of hydrogen-bond donors (Lipinski definition) is 2. The van der Waals surface area contributed by atoms with E-state index in [0.717, 1.165) is 5.57 Å². The highest BCUT2D eigenvalue weighted by atomic mass is 35.5. The third-order valence-corrected chi connectivity index (χ3v) is 4.74. The number of alkyl halides is 2. The molecule has 1 unspecified atom stereocenters. The number of aromatic hydroxyl groups is 1. The van der Waals surface area contributed by atoms with E-state index in [-0.39, 0.29) is 5.75 Å². The first-order chi connectivity index (χ1) is 11.4. The standard InChI is InChI=1S/C18H18Cl2O4/c1-2-11-7-14(12-3-5-13(21)6-4-12)17(24)18(8-11,15(22)9-19)16(23)10-20/h3-8,17,21,24H,2,9-10H2,1H3. The molecule has 0 bridgehead atoms. The molecule has 2 N–H and O–H groups in total. The fraction of sp³-hybridized carbons (Fsp3) is 0.333. The Morgan fingerprint density at radius 3 is 2.12 bits per heavy atom. The molecule has 2 rings (SSSR count). The van der Waals surface area contributed by atoms with Crippen LogP contribution in [0.2, 0.25) is 0 Å². The summed E-state index contributed by atoms with van der Waals surface area (Å²) >= 11 is 11.4. The van der Waals surface area contributed by atoms with Crippen molar-refractivity contribution in [3.05, 3.63) is 47.6 Å². The molecule has 0 spiro atoms. The number of carbonyl (C=O) groups is 2. The number of ketones is 2. The second-order valence-electron chi connectivity index (χ2n) is 5.60.